The van der Waals surface area contributed by atoms with E-state index in [4.69, 9.17) is 4.74 Å². The Hall–Kier alpha value is -3.12. The fourth-order valence-electron chi connectivity index (χ4n) is 2.61. The Balaban J connectivity index is 1.73. The molecule has 0 radical (unpaired) electrons. The van der Waals surface area contributed by atoms with E-state index < -0.39 is 47.6 Å². The van der Waals surface area contributed by atoms with Crippen molar-refractivity contribution in [1.82, 2.24) is 10.9 Å². The van der Waals surface area contributed by atoms with Crippen LogP contribution in [0.3, 0.4) is 0 Å². The molecule has 3 rings (SSSR count). The van der Waals surface area contributed by atoms with E-state index in [1.807, 2.05) is 0 Å². The van der Waals surface area contributed by atoms with E-state index in [0.29, 0.717) is 0 Å². The van der Waals surface area contributed by atoms with Gasteiger partial charge in [0.1, 0.15) is 0 Å². The highest BCUT2D eigenvalue weighted by molar-refractivity contribution is 6.09. The maximum atomic E-state index is 12.9. The number of rotatable bonds is 3. The molecule has 2 atom stereocenters. The standard InChI is InChI=1S/C18H13F6N3O3/c19-17(20,21)10-4-6-12(7-5-10)25-14(28)13-15(29)26-27-16(30-13)9-2-1-3-11(8-9)18(22,23)24/h1-8,13,16,27H,(H,25,28)(H,26,29). The van der Waals surface area contributed by atoms with Crippen molar-refractivity contribution in [2.24, 2.45) is 0 Å². The minimum atomic E-state index is -4.60. The van der Waals surface area contributed by atoms with Gasteiger partial charge in [0.25, 0.3) is 11.8 Å². The molecule has 160 valence electrons. The Morgan fingerprint density at radius 3 is 2.17 bits per heavy atom. The van der Waals surface area contributed by atoms with Gasteiger partial charge in [0.2, 0.25) is 6.10 Å². The molecule has 30 heavy (non-hydrogen) atoms. The number of carbonyl (C=O) groups is 2. The molecule has 1 heterocycles. The van der Waals surface area contributed by atoms with E-state index in [1.165, 1.54) is 6.07 Å². The highest BCUT2D eigenvalue weighted by Gasteiger charge is 2.37. The maximum Gasteiger partial charge on any atom is 0.416 e. The van der Waals surface area contributed by atoms with Crippen LogP contribution in [-0.4, -0.2) is 17.9 Å². The summed E-state index contributed by atoms with van der Waals surface area (Å²) in [6.45, 7) is 0. The van der Waals surface area contributed by atoms with Gasteiger partial charge < -0.3 is 10.1 Å². The summed E-state index contributed by atoms with van der Waals surface area (Å²) < 4.78 is 81.7. The molecule has 1 saturated heterocycles. The molecule has 0 saturated carbocycles. The second-order valence-corrected chi connectivity index (χ2v) is 6.22. The van der Waals surface area contributed by atoms with Gasteiger partial charge in [-0.2, -0.15) is 26.3 Å². The molecule has 2 aromatic rings. The molecule has 2 unspecified atom stereocenters. The number of ether oxygens (including phenoxy) is 1. The number of hydrogen-bond acceptors (Lipinski definition) is 4. The third kappa shape index (κ3) is 4.89. The van der Waals surface area contributed by atoms with Gasteiger partial charge in [-0.15, -0.1) is 0 Å². The monoisotopic (exact) mass is 433 g/mol. The van der Waals surface area contributed by atoms with E-state index in [9.17, 15) is 35.9 Å². The van der Waals surface area contributed by atoms with Crippen molar-refractivity contribution in [3.05, 3.63) is 65.2 Å². The van der Waals surface area contributed by atoms with E-state index in [2.05, 4.69) is 16.2 Å². The van der Waals surface area contributed by atoms with Gasteiger partial charge in [0, 0.05) is 5.69 Å². The molecule has 0 aromatic heterocycles. The van der Waals surface area contributed by atoms with Crippen LogP contribution in [0.25, 0.3) is 0 Å². The molecule has 1 fully saturated rings. The zero-order valence-electron chi connectivity index (χ0n) is 14.8. The summed E-state index contributed by atoms with van der Waals surface area (Å²) in [5.41, 5.74) is 2.56. The first-order valence-electron chi connectivity index (χ1n) is 8.31. The first kappa shape index (κ1) is 21.6. The lowest BCUT2D eigenvalue weighted by atomic mass is 10.1. The third-order valence-corrected chi connectivity index (χ3v) is 4.07. The van der Waals surface area contributed by atoms with Crippen molar-refractivity contribution in [2.45, 2.75) is 24.7 Å². The Morgan fingerprint density at radius 2 is 1.57 bits per heavy atom. The van der Waals surface area contributed by atoms with Crippen LogP contribution in [0.2, 0.25) is 0 Å². The van der Waals surface area contributed by atoms with Gasteiger partial charge in [0.15, 0.2) is 6.23 Å². The van der Waals surface area contributed by atoms with Crippen molar-refractivity contribution < 1.29 is 40.7 Å². The minimum absolute atomic E-state index is 0.00263. The van der Waals surface area contributed by atoms with Crippen LogP contribution in [-0.2, 0) is 26.7 Å². The van der Waals surface area contributed by atoms with Gasteiger partial charge >= 0.3 is 12.4 Å². The normalized spacial score (nSPS) is 19.9. The minimum Gasteiger partial charge on any atom is -0.334 e. The van der Waals surface area contributed by atoms with Gasteiger partial charge in [-0.3, -0.25) is 15.0 Å². The summed E-state index contributed by atoms with van der Waals surface area (Å²) >= 11 is 0. The van der Waals surface area contributed by atoms with Crippen molar-refractivity contribution in [1.29, 1.82) is 0 Å². The van der Waals surface area contributed by atoms with E-state index in [0.717, 1.165) is 42.5 Å². The number of nitrogens with one attached hydrogen (secondary N) is 3. The highest BCUT2D eigenvalue weighted by Crippen LogP contribution is 2.32. The van der Waals surface area contributed by atoms with Crippen LogP contribution in [0.1, 0.15) is 22.9 Å². The van der Waals surface area contributed by atoms with Crippen LogP contribution in [0.15, 0.2) is 48.5 Å². The van der Waals surface area contributed by atoms with Gasteiger partial charge in [-0.1, -0.05) is 12.1 Å². The topological polar surface area (TPSA) is 79.5 Å². The van der Waals surface area contributed by atoms with E-state index in [1.54, 1.807) is 0 Å². The number of benzene rings is 2. The zero-order valence-corrected chi connectivity index (χ0v) is 14.8. The predicted molar refractivity (Wildman–Crippen MR) is 90.4 cm³/mol. The fraction of sp³-hybridized carbons (Fsp3) is 0.222. The molecule has 2 aromatic carbocycles. The van der Waals surface area contributed by atoms with E-state index >= 15 is 0 Å². The lowest BCUT2D eigenvalue weighted by molar-refractivity contribution is -0.160. The molecule has 1 aliphatic heterocycles. The zero-order chi connectivity index (χ0) is 22.1. The molecule has 6 nitrogen and oxygen atoms in total. The number of anilines is 1. The number of hydrazine groups is 1. The number of alkyl halides is 6. The van der Waals surface area contributed by atoms with Crippen molar-refractivity contribution in [3.63, 3.8) is 0 Å². The summed E-state index contributed by atoms with van der Waals surface area (Å²) in [4.78, 5) is 24.3. The van der Waals surface area contributed by atoms with Crippen LogP contribution >= 0.6 is 0 Å². The number of halogens is 6. The summed E-state index contributed by atoms with van der Waals surface area (Å²) in [6.07, 6.45) is -12.2. The Labute approximate surface area is 165 Å². The maximum absolute atomic E-state index is 12.9. The largest absolute Gasteiger partial charge is 0.416 e. The summed E-state index contributed by atoms with van der Waals surface area (Å²) in [6, 6.07) is 7.54. The van der Waals surface area contributed by atoms with Crippen molar-refractivity contribution in [3.8, 4) is 0 Å². The Kier molecular flexibility index (Phi) is 5.72. The molecule has 3 N–H and O–H groups in total. The lowest BCUT2D eigenvalue weighted by Gasteiger charge is -2.30. The predicted octanol–water partition coefficient (Wildman–Crippen LogP) is 3.38. The molecule has 0 aliphatic carbocycles. The highest BCUT2D eigenvalue weighted by atomic mass is 19.4. The third-order valence-electron chi connectivity index (χ3n) is 4.07. The second-order valence-electron chi connectivity index (χ2n) is 6.22. The SMILES string of the molecule is O=C1NNC(c2cccc(C(F)(F)F)c2)OC1C(=O)Nc1ccc(C(F)(F)F)cc1. The molecule has 1 aliphatic rings. The van der Waals surface area contributed by atoms with Crippen LogP contribution < -0.4 is 16.2 Å². The molecule has 2 amide bonds. The fourth-order valence-corrected chi connectivity index (χ4v) is 2.61. The molecular formula is C18H13F6N3O3. The first-order chi connectivity index (χ1) is 13.9. The molecule has 12 heteroatoms. The van der Waals surface area contributed by atoms with Gasteiger partial charge in [-0.05, 0) is 42.0 Å². The number of hydrogen-bond donors (Lipinski definition) is 3. The summed E-state index contributed by atoms with van der Waals surface area (Å²) in [7, 11) is 0. The molecule has 0 spiro atoms. The summed E-state index contributed by atoms with van der Waals surface area (Å²) in [5.74, 6) is -1.94. The molecular weight excluding hydrogens is 420 g/mol. The van der Waals surface area contributed by atoms with Crippen LogP contribution in [0.4, 0.5) is 32.0 Å². The average Bonchev–Trinajstić information content (AvgIpc) is 2.67. The first-order valence-corrected chi connectivity index (χ1v) is 8.31. The van der Waals surface area contributed by atoms with Crippen LogP contribution in [0.5, 0.6) is 0 Å². The van der Waals surface area contributed by atoms with Gasteiger partial charge in [-0.25, -0.2) is 5.43 Å². The van der Waals surface area contributed by atoms with Crippen molar-refractivity contribution >= 4 is 17.5 Å². The Bertz CT molecular complexity index is 943. The Morgan fingerprint density at radius 1 is 0.933 bits per heavy atom. The smallest absolute Gasteiger partial charge is 0.334 e. The quantitative estimate of drug-likeness (QED) is 0.512. The van der Waals surface area contributed by atoms with Gasteiger partial charge in [0.05, 0.1) is 11.1 Å². The number of carbonyl (C=O) groups excluding carboxylic acids is 2. The molecule has 0 bridgehead atoms. The average molecular weight is 433 g/mol. The second kappa shape index (κ2) is 7.95. The van der Waals surface area contributed by atoms with E-state index in [-0.39, 0.29) is 11.3 Å². The number of amides is 2. The summed E-state index contributed by atoms with van der Waals surface area (Å²) in [5, 5.41) is 2.23. The van der Waals surface area contributed by atoms with Crippen molar-refractivity contribution in [2.75, 3.05) is 5.32 Å². The lowest BCUT2D eigenvalue weighted by Crippen LogP contribution is -2.57. The van der Waals surface area contributed by atoms with Crippen LogP contribution in [0, 0.1) is 0 Å².